The maximum absolute atomic E-state index is 11.6. The van der Waals surface area contributed by atoms with Crippen molar-refractivity contribution in [1.29, 1.82) is 0 Å². The highest BCUT2D eigenvalue weighted by Crippen LogP contribution is 2.30. The minimum absolute atomic E-state index is 0.178. The number of pyridine rings is 1. The van der Waals surface area contributed by atoms with E-state index in [2.05, 4.69) is 4.98 Å². The molecule has 1 fully saturated rings. The van der Waals surface area contributed by atoms with Gasteiger partial charge in [-0.05, 0) is 44.4 Å². The van der Waals surface area contributed by atoms with Crippen molar-refractivity contribution in [2.75, 3.05) is 18.1 Å². The summed E-state index contributed by atoms with van der Waals surface area (Å²) in [6.45, 7) is 4.58. The molecule has 1 aromatic rings. The molecule has 2 rings (SSSR count). The summed E-state index contributed by atoms with van der Waals surface area (Å²) in [7, 11) is 0. The molecule has 0 aliphatic heterocycles. The first-order valence-electron chi connectivity index (χ1n) is 6.05. The summed E-state index contributed by atoms with van der Waals surface area (Å²) in [5, 5.41) is 0. The smallest absolute Gasteiger partial charge is 0.325 e. The molecule has 0 saturated heterocycles. The monoisotopic (exact) mass is 234 g/mol. The Bertz CT molecular complexity index is 402. The molecular weight excluding hydrogens is 216 g/mol. The normalized spacial score (nSPS) is 14.5. The number of carbonyl (C=O) groups excluding carboxylic acids is 1. The summed E-state index contributed by atoms with van der Waals surface area (Å²) in [6, 6.07) is 4.42. The number of rotatable bonds is 5. The minimum atomic E-state index is -0.178. The lowest BCUT2D eigenvalue weighted by Crippen LogP contribution is -2.33. The van der Waals surface area contributed by atoms with Gasteiger partial charge in [0.15, 0.2) is 0 Å². The molecule has 0 unspecified atom stereocenters. The minimum Gasteiger partial charge on any atom is -0.465 e. The zero-order valence-corrected chi connectivity index (χ0v) is 10.3. The molecule has 1 heterocycles. The molecule has 4 heteroatoms. The Hall–Kier alpha value is -1.58. The molecule has 0 amide bonds. The summed E-state index contributed by atoms with van der Waals surface area (Å²) in [5.74, 6) is 0.697. The van der Waals surface area contributed by atoms with Crippen LogP contribution in [0.3, 0.4) is 0 Å². The third-order valence-electron chi connectivity index (χ3n) is 2.79. The molecule has 1 aromatic heterocycles. The quantitative estimate of drug-likeness (QED) is 0.730. The molecule has 0 aromatic carbocycles. The fraction of sp³-hybridized carbons (Fsp3) is 0.538. The van der Waals surface area contributed by atoms with Crippen molar-refractivity contribution in [3.8, 4) is 0 Å². The first-order chi connectivity index (χ1) is 8.20. The highest BCUT2D eigenvalue weighted by atomic mass is 16.5. The lowest BCUT2D eigenvalue weighted by atomic mass is 10.3. The molecule has 0 atom stereocenters. The Morgan fingerprint density at radius 3 is 2.94 bits per heavy atom. The predicted octanol–water partition coefficient (Wildman–Crippen LogP) is 1.92. The van der Waals surface area contributed by atoms with Crippen LogP contribution in [0.5, 0.6) is 0 Å². The van der Waals surface area contributed by atoms with Crippen molar-refractivity contribution >= 4 is 11.8 Å². The van der Waals surface area contributed by atoms with Crippen LogP contribution in [0.25, 0.3) is 0 Å². The van der Waals surface area contributed by atoms with Gasteiger partial charge in [0.1, 0.15) is 12.4 Å². The van der Waals surface area contributed by atoms with Gasteiger partial charge in [-0.2, -0.15) is 0 Å². The van der Waals surface area contributed by atoms with Crippen LogP contribution in [-0.2, 0) is 9.53 Å². The van der Waals surface area contributed by atoms with Crippen molar-refractivity contribution in [3.05, 3.63) is 23.9 Å². The zero-order chi connectivity index (χ0) is 12.3. The molecule has 0 bridgehead atoms. The lowest BCUT2D eigenvalue weighted by molar-refractivity contribution is -0.141. The van der Waals surface area contributed by atoms with Crippen molar-refractivity contribution in [1.82, 2.24) is 4.98 Å². The van der Waals surface area contributed by atoms with Crippen molar-refractivity contribution in [2.24, 2.45) is 0 Å². The van der Waals surface area contributed by atoms with Gasteiger partial charge in [0.25, 0.3) is 0 Å². The SMILES string of the molecule is CCOC(=O)CN(c1cc(C)ccn1)C1CC1. The summed E-state index contributed by atoms with van der Waals surface area (Å²) in [5.41, 5.74) is 1.16. The van der Waals surface area contributed by atoms with E-state index in [9.17, 15) is 4.79 Å². The Morgan fingerprint density at radius 1 is 1.59 bits per heavy atom. The predicted molar refractivity (Wildman–Crippen MR) is 66.0 cm³/mol. The van der Waals surface area contributed by atoms with Crippen LogP contribution < -0.4 is 4.90 Å². The summed E-state index contributed by atoms with van der Waals surface area (Å²) in [6.07, 6.45) is 4.05. The van der Waals surface area contributed by atoms with Crippen LogP contribution in [0.4, 0.5) is 5.82 Å². The lowest BCUT2D eigenvalue weighted by Gasteiger charge is -2.22. The standard InChI is InChI=1S/C13H18N2O2/c1-3-17-13(16)9-15(11-4-5-11)12-8-10(2)6-7-14-12/h6-8,11H,3-5,9H2,1-2H3. The Balaban J connectivity index is 2.09. The molecule has 0 spiro atoms. The van der Waals surface area contributed by atoms with Crippen LogP contribution in [0.15, 0.2) is 18.3 Å². The van der Waals surface area contributed by atoms with Gasteiger partial charge in [-0.1, -0.05) is 0 Å². The second-order valence-corrected chi connectivity index (χ2v) is 4.36. The number of hydrogen-bond acceptors (Lipinski definition) is 4. The second-order valence-electron chi connectivity index (χ2n) is 4.36. The first kappa shape index (κ1) is 11.9. The fourth-order valence-electron chi connectivity index (χ4n) is 1.81. The van der Waals surface area contributed by atoms with Gasteiger partial charge in [0, 0.05) is 12.2 Å². The molecule has 0 N–H and O–H groups in total. The van der Waals surface area contributed by atoms with Gasteiger partial charge in [-0.15, -0.1) is 0 Å². The number of anilines is 1. The maximum atomic E-state index is 11.6. The van der Waals surface area contributed by atoms with Gasteiger partial charge in [-0.3, -0.25) is 4.79 Å². The molecule has 4 nitrogen and oxygen atoms in total. The van der Waals surface area contributed by atoms with Gasteiger partial charge >= 0.3 is 5.97 Å². The highest BCUT2D eigenvalue weighted by molar-refractivity contribution is 5.75. The zero-order valence-electron chi connectivity index (χ0n) is 10.3. The van der Waals surface area contributed by atoms with Gasteiger partial charge in [-0.25, -0.2) is 4.98 Å². The highest BCUT2D eigenvalue weighted by Gasteiger charge is 2.31. The van der Waals surface area contributed by atoms with E-state index in [0.29, 0.717) is 19.2 Å². The summed E-state index contributed by atoms with van der Waals surface area (Å²) >= 11 is 0. The van der Waals surface area contributed by atoms with E-state index in [1.165, 1.54) is 0 Å². The number of esters is 1. The third kappa shape index (κ3) is 3.19. The maximum Gasteiger partial charge on any atom is 0.325 e. The van der Waals surface area contributed by atoms with E-state index in [1.807, 2.05) is 30.9 Å². The molecule has 1 saturated carbocycles. The van der Waals surface area contributed by atoms with Crippen LogP contribution in [-0.4, -0.2) is 30.1 Å². The number of ether oxygens (including phenoxy) is 1. The first-order valence-corrected chi connectivity index (χ1v) is 6.05. The van der Waals surface area contributed by atoms with Crippen LogP contribution in [0.1, 0.15) is 25.3 Å². The Morgan fingerprint density at radius 2 is 2.35 bits per heavy atom. The van der Waals surface area contributed by atoms with Gasteiger partial charge in [0.05, 0.1) is 6.61 Å². The molecule has 92 valence electrons. The summed E-state index contributed by atoms with van der Waals surface area (Å²) < 4.78 is 4.99. The van der Waals surface area contributed by atoms with E-state index in [4.69, 9.17) is 4.74 Å². The average Bonchev–Trinajstić information content (AvgIpc) is 3.10. The van der Waals surface area contributed by atoms with E-state index in [1.54, 1.807) is 6.20 Å². The molecule has 1 aliphatic carbocycles. The number of carbonyl (C=O) groups is 1. The Kier molecular flexibility index (Phi) is 3.61. The number of aryl methyl sites for hydroxylation is 1. The largest absolute Gasteiger partial charge is 0.465 e. The van der Waals surface area contributed by atoms with E-state index in [0.717, 1.165) is 24.2 Å². The fourth-order valence-corrected chi connectivity index (χ4v) is 1.81. The third-order valence-corrected chi connectivity index (χ3v) is 2.79. The molecular formula is C13H18N2O2. The Labute approximate surface area is 102 Å². The number of nitrogens with zero attached hydrogens (tertiary/aromatic N) is 2. The van der Waals surface area contributed by atoms with E-state index >= 15 is 0 Å². The van der Waals surface area contributed by atoms with Gasteiger partial charge < -0.3 is 9.64 Å². The number of aromatic nitrogens is 1. The second kappa shape index (κ2) is 5.17. The van der Waals surface area contributed by atoms with Gasteiger partial charge in [0.2, 0.25) is 0 Å². The molecule has 0 radical (unpaired) electrons. The van der Waals surface area contributed by atoms with Crippen LogP contribution in [0, 0.1) is 6.92 Å². The summed E-state index contributed by atoms with van der Waals surface area (Å²) in [4.78, 5) is 17.9. The number of hydrogen-bond donors (Lipinski definition) is 0. The topological polar surface area (TPSA) is 42.4 Å². The molecule has 17 heavy (non-hydrogen) atoms. The van der Waals surface area contributed by atoms with Crippen molar-refractivity contribution < 1.29 is 9.53 Å². The van der Waals surface area contributed by atoms with Crippen molar-refractivity contribution in [2.45, 2.75) is 32.7 Å². The van der Waals surface area contributed by atoms with Crippen LogP contribution >= 0.6 is 0 Å². The van der Waals surface area contributed by atoms with Crippen molar-refractivity contribution in [3.63, 3.8) is 0 Å². The average molecular weight is 234 g/mol. The van der Waals surface area contributed by atoms with E-state index in [-0.39, 0.29) is 5.97 Å². The molecule has 1 aliphatic rings. The van der Waals surface area contributed by atoms with E-state index < -0.39 is 0 Å². The van der Waals surface area contributed by atoms with Crippen LogP contribution in [0.2, 0.25) is 0 Å².